The lowest BCUT2D eigenvalue weighted by molar-refractivity contribution is -0.146. The van der Waals surface area contributed by atoms with Gasteiger partial charge in [-0.1, -0.05) is 19.8 Å². The van der Waals surface area contributed by atoms with Crippen molar-refractivity contribution in [3.05, 3.63) is 0 Å². The second-order valence-corrected chi connectivity index (χ2v) is 7.53. The zero-order chi connectivity index (χ0) is 15.3. The van der Waals surface area contributed by atoms with Crippen molar-refractivity contribution in [2.75, 3.05) is 12.8 Å². The van der Waals surface area contributed by atoms with Gasteiger partial charge in [-0.2, -0.15) is 0 Å². The van der Waals surface area contributed by atoms with E-state index in [9.17, 15) is 18.9 Å². The Kier molecular flexibility index (Phi) is 5.98. The summed E-state index contributed by atoms with van der Waals surface area (Å²) in [5, 5.41) is 14.5. The largest absolute Gasteiger partial charge is 0.480 e. The minimum atomic E-state index is -1.17. The fourth-order valence-electron chi connectivity index (χ4n) is 2.53. The zero-order valence-electron chi connectivity index (χ0n) is 12.3. The third-order valence-corrected chi connectivity index (χ3v) is 5.18. The summed E-state index contributed by atoms with van der Waals surface area (Å²) in [4.78, 5) is 23.4. The Labute approximate surface area is 122 Å². The molecule has 4 unspecified atom stereocenters. The van der Waals surface area contributed by atoms with E-state index in [2.05, 4.69) is 10.6 Å². The van der Waals surface area contributed by atoms with Crippen molar-refractivity contribution < 1.29 is 18.9 Å². The Hall–Kier alpha value is -1.11. The summed E-state index contributed by atoms with van der Waals surface area (Å²) in [5.41, 5.74) is -1.17. The smallest absolute Gasteiger partial charge is 0.329 e. The first-order valence-corrected chi connectivity index (χ1v) is 8.50. The summed E-state index contributed by atoms with van der Waals surface area (Å²) >= 11 is 0. The van der Waals surface area contributed by atoms with Crippen LogP contribution in [0.4, 0.5) is 4.79 Å². The van der Waals surface area contributed by atoms with Gasteiger partial charge in [0.05, 0.1) is 0 Å². The van der Waals surface area contributed by atoms with Crippen molar-refractivity contribution in [1.82, 2.24) is 10.6 Å². The summed E-state index contributed by atoms with van der Waals surface area (Å²) in [6.45, 7) is 4.03. The summed E-state index contributed by atoms with van der Waals surface area (Å²) in [6.07, 6.45) is 4.26. The van der Waals surface area contributed by atoms with E-state index in [0.29, 0.717) is 12.8 Å². The van der Waals surface area contributed by atoms with E-state index in [1.54, 1.807) is 13.2 Å². The van der Waals surface area contributed by atoms with Crippen molar-refractivity contribution in [3.63, 3.8) is 0 Å². The van der Waals surface area contributed by atoms with Gasteiger partial charge in [-0.15, -0.1) is 0 Å². The lowest BCUT2D eigenvalue weighted by Gasteiger charge is -2.37. The van der Waals surface area contributed by atoms with Crippen molar-refractivity contribution >= 4 is 22.8 Å². The molecule has 1 aliphatic carbocycles. The summed E-state index contributed by atoms with van der Waals surface area (Å²) in [7, 11) is -1.02. The highest BCUT2D eigenvalue weighted by atomic mass is 32.2. The van der Waals surface area contributed by atoms with Crippen LogP contribution in [0.3, 0.4) is 0 Å². The molecule has 0 aromatic heterocycles. The van der Waals surface area contributed by atoms with E-state index in [1.807, 2.05) is 6.92 Å². The van der Waals surface area contributed by atoms with Crippen LogP contribution in [-0.2, 0) is 15.6 Å². The number of urea groups is 1. The molecule has 6 nitrogen and oxygen atoms in total. The van der Waals surface area contributed by atoms with Gasteiger partial charge >= 0.3 is 12.0 Å². The van der Waals surface area contributed by atoms with Crippen LogP contribution in [0, 0.1) is 5.92 Å². The number of carboxylic acid groups (broad SMARTS) is 1. The van der Waals surface area contributed by atoms with Gasteiger partial charge in [0.1, 0.15) is 5.54 Å². The van der Waals surface area contributed by atoms with Gasteiger partial charge in [0, 0.05) is 28.9 Å². The molecule has 0 radical (unpaired) electrons. The number of hydrogen-bond donors (Lipinski definition) is 3. The van der Waals surface area contributed by atoms with Gasteiger partial charge < -0.3 is 15.7 Å². The average Bonchev–Trinajstić information content (AvgIpc) is 2.35. The van der Waals surface area contributed by atoms with E-state index >= 15 is 0 Å². The van der Waals surface area contributed by atoms with Crippen LogP contribution in [0.2, 0.25) is 0 Å². The van der Waals surface area contributed by atoms with Crippen LogP contribution in [0.5, 0.6) is 0 Å². The molecule has 116 valence electrons. The molecule has 0 bridgehead atoms. The quantitative estimate of drug-likeness (QED) is 0.708. The molecule has 0 saturated heterocycles. The molecule has 1 fully saturated rings. The van der Waals surface area contributed by atoms with Crippen molar-refractivity contribution in [1.29, 1.82) is 0 Å². The van der Waals surface area contributed by atoms with E-state index < -0.39 is 28.3 Å². The van der Waals surface area contributed by atoms with Gasteiger partial charge in [-0.05, 0) is 25.7 Å². The van der Waals surface area contributed by atoms with Crippen LogP contribution in [-0.4, -0.2) is 44.9 Å². The van der Waals surface area contributed by atoms with Gasteiger partial charge in [-0.25, -0.2) is 9.59 Å². The number of amides is 2. The average molecular weight is 304 g/mol. The minimum Gasteiger partial charge on any atom is -0.480 e. The molecule has 1 saturated carbocycles. The number of carbonyl (C=O) groups excluding carboxylic acids is 1. The third kappa shape index (κ3) is 4.47. The normalized spacial score (nSPS) is 29.2. The molecule has 4 atom stereocenters. The molecule has 3 N–H and O–H groups in total. The Morgan fingerprint density at radius 2 is 2.15 bits per heavy atom. The number of rotatable bonds is 5. The van der Waals surface area contributed by atoms with Crippen LogP contribution in [0.15, 0.2) is 0 Å². The number of carboxylic acids is 1. The van der Waals surface area contributed by atoms with Crippen LogP contribution >= 0.6 is 0 Å². The highest BCUT2D eigenvalue weighted by Gasteiger charge is 2.43. The molecule has 2 amide bonds. The highest BCUT2D eigenvalue weighted by molar-refractivity contribution is 7.84. The maximum absolute atomic E-state index is 11.9. The first-order chi connectivity index (χ1) is 9.27. The third-order valence-electron chi connectivity index (χ3n) is 3.88. The number of aliphatic carboxylic acids is 1. The first kappa shape index (κ1) is 16.9. The first-order valence-electron chi connectivity index (χ1n) is 6.88. The van der Waals surface area contributed by atoms with Crippen LogP contribution in [0.1, 0.15) is 39.5 Å². The summed E-state index contributed by atoms with van der Waals surface area (Å²) < 4.78 is 11.2. The van der Waals surface area contributed by atoms with Gasteiger partial charge in [0.15, 0.2) is 0 Å². The molecule has 0 aliphatic heterocycles. The lowest BCUT2D eigenvalue weighted by atomic mass is 9.76. The van der Waals surface area contributed by atoms with Gasteiger partial charge in [-0.3, -0.25) is 4.21 Å². The number of carbonyl (C=O) groups is 2. The standard InChI is InChI=1S/C13H24N2O4S/c1-9-5-4-6-13(7-9,11(16)17)15-12(18)14-8-10(2)20(3)19/h9-10H,4-8H2,1-3H3,(H,16,17)(H2,14,15,18). The molecular formula is C13H24N2O4S. The lowest BCUT2D eigenvalue weighted by Crippen LogP contribution is -2.59. The van der Waals surface area contributed by atoms with E-state index in [-0.39, 0.29) is 17.7 Å². The zero-order valence-corrected chi connectivity index (χ0v) is 13.1. The molecule has 0 aromatic rings. The predicted octanol–water partition coefficient (Wildman–Crippen LogP) is 1.09. The summed E-state index contributed by atoms with van der Waals surface area (Å²) in [5.74, 6) is -0.700. The molecule has 0 aromatic carbocycles. The fourth-order valence-corrected chi connectivity index (χ4v) is 2.85. The molecule has 1 rings (SSSR count). The van der Waals surface area contributed by atoms with Crippen LogP contribution < -0.4 is 10.6 Å². The Bertz CT molecular complexity index is 402. The second kappa shape index (κ2) is 7.06. The van der Waals surface area contributed by atoms with Gasteiger partial charge in [0.25, 0.3) is 0 Å². The van der Waals surface area contributed by atoms with E-state index in [4.69, 9.17) is 0 Å². The summed E-state index contributed by atoms with van der Waals surface area (Å²) in [6, 6.07) is -0.501. The molecule has 0 heterocycles. The molecule has 0 spiro atoms. The monoisotopic (exact) mass is 304 g/mol. The SMILES string of the molecule is CC1CCCC(NC(=O)NCC(C)S(C)=O)(C(=O)O)C1. The Balaban J connectivity index is 2.60. The second-order valence-electron chi connectivity index (χ2n) is 5.73. The molecule has 20 heavy (non-hydrogen) atoms. The van der Waals surface area contributed by atoms with Crippen molar-refractivity contribution in [2.24, 2.45) is 5.92 Å². The predicted molar refractivity (Wildman–Crippen MR) is 78.1 cm³/mol. The van der Waals surface area contributed by atoms with Gasteiger partial charge in [0.2, 0.25) is 0 Å². The van der Waals surface area contributed by atoms with E-state index in [0.717, 1.165) is 12.8 Å². The molecule has 1 aliphatic rings. The Morgan fingerprint density at radius 3 is 2.65 bits per heavy atom. The van der Waals surface area contributed by atoms with Crippen molar-refractivity contribution in [2.45, 2.75) is 50.3 Å². The number of nitrogens with one attached hydrogen (secondary N) is 2. The van der Waals surface area contributed by atoms with E-state index in [1.165, 1.54) is 0 Å². The maximum Gasteiger partial charge on any atom is 0.329 e. The maximum atomic E-state index is 11.9. The Morgan fingerprint density at radius 1 is 1.50 bits per heavy atom. The highest BCUT2D eigenvalue weighted by Crippen LogP contribution is 2.32. The number of hydrogen-bond acceptors (Lipinski definition) is 3. The van der Waals surface area contributed by atoms with Crippen molar-refractivity contribution in [3.8, 4) is 0 Å². The minimum absolute atomic E-state index is 0.160. The molecular weight excluding hydrogens is 280 g/mol. The topological polar surface area (TPSA) is 95.5 Å². The fraction of sp³-hybridized carbons (Fsp3) is 0.846. The molecule has 7 heteroatoms. The van der Waals surface area contributed by atoms with Crippen LogP contribution in [0.25, 0.3) is 0 Å².